The largest absolute Gasteiger partial charge is 0.490 e. The van der Waals surface area contributed by atoms with E-state index in [4.69, 9.17) is 9.47 Å². The molecule has 2 heteroatoms. The zero-order valence-corrected chi connectivity index (χ0v) is 9.85. The average molecular weight is 218 g/mol. The van der Waals surface area contributed by atoms with Crippen LogP contribution in [0.2, 0.25) is 0 Å². The van der Waals surface area contributed by atoms with Crippen molar-refractivity contribution in [3.63, 3.8) is 0 Å². The van der Waals surface area contributed by atoms with Gasteiger partial charge in [0.15, 0.2) is 0 Å². The van der Waals surface area contributed by atoms with Crippen molar-refractivity contribution in [2.45, 2.75) is 13.8 Å². The molecule has 16 heavy (non-hydrogen) atoms. The molecule has 0 saturated carbocycles. The number of benzene rings is 1. The minimum atomic E-state index is 0.606. The summed E-state index contributed by atoms with van der Waals surface area (Å²) in [7, 11) is 0. The maximum atomic E-state index is 5.47. The van der Waals surface area contributed by atoms with Crippen LogP contribution in [0.15, 0.2) is 48.6 Å². The summed E-state index contributed by atoms with van der Waals surface area (Å²) in [5.74, 6) is 1.72. The summed E-state index contributed by atoms with van der Waals surface area (Å²) in [6, 6.07) is 7.64. The molecule has 0 aliphatic carbocycles. The van der Waals surface area contributed by atoms with Gasteiger partial charge in [-0.3, -0.25) is 0 Å². The van der Waals surface area contributed by atoms with Crippen LogP contribution >= 0.6 is 0 Å². The van der Waals surface area contributed by atoms with Crippen molar-refractivity contribution in [1.82, 2.24) is 0 Å². The van der Waals surface area contributed by atoms with Gasteiger partial charge in [-0.05, 0) is 38.1 Å². The van der Waals surface area contributed by atoms with E-state index in [0.717, 1.165) is 11.5 Å². The molecule has 0 amide bonds. The van der Waals surface area contributed by atoms with Gasteiger partial charge in [0, 0.05) is 0 Å². The molecule has 0 spiro atoms. The van der Waals surface area contributed by atoms with Crippen LogP contribution < -0.4 is 9.47 Å². The van der Waals surface area contributed by atoms with E-state index in [2.05, 4.69) is 0 Å². The van der Waals surface area contributed by atoms with Gasteiger partial charge < -0.3 is 9.47 Å². The molecule has 0 aromatic heterocycles. The molecule has 1 aromatic rings. The van der Waals surface area contributed by atoms with Crippen LogP contribution in [-0.4, -0.2) is 13.2 Å². The Balaban J connectivity index is 2.41. The summed E-state index contributed by atoms with van der Waals surface area (Å²) < 4.78 is 10.9. The third-order valence-corrected chi connectivity index (χ3v) is 1.99. The van der Waals surface area contributed by atoms with Crippen molar-refractivity contribution in [2.24, 2.45) is 0 Å². The predicted molar refractivity (Wildman–Crippen MR) is 67.1 cm³/mol. The summed E-state index contributed by atoms with van der Waals surface area (Å²) in [4.78, 5) is 0. The first kappa shape index (κ1) is 12.4. The molecular formula is C14H18O2. The fraction of sp³-hybridized carbons (Fsp3) is 0.286. The fourth-order valence-corrected chi connectivity index (χ4v) is 1.11. The lowest BCUT2D eigenvalue weighted by atomic mass is 10.3. The van der Waals surface area contributed by atoms with Crippen molar-refractivity contribution in [1.29, 1.82) is 0 Å². The second kappa shape index (κ2) is 7.57. The van der Waals surface area contributed by atoms with Crippen molar-refractivity contribution >= 4 is 0 Å². The van der Waals surface area contributed by atoms with Crippen LogP contribution in [0.25, 0.3) is 0 Å². The Labute approximate surface area is 97.2 Å². The van der Waals surface area contributed by atoms with Gasteiger partial charge >= 0.3 is 0 Å². The molecule has 0 saturated heterocycles. The number of ether oxygens (including phenoxy) is 2. The van der Waals surface area contributed by atoms with E-state index in [-0.39, 0.29) is 0 Å². The third kappa shape index (κ3) is 4.69. The number of rotatable bonds is 6. The van der Waals surface area contributed by atoms with Gasteiger partial charge in [-0.1, -0.05) is 24.3 Å². The van der Waals surface area contributed by atoms with E-state index in [0.29, 0.717) is 13.2 Å². The van der Waals surface area contributed by atoms with E-state index in [1.165, 1.54) is 0 Å². The van der Waals surface area contributed by atoms with Gasteiger partial charge in [-0.25, -0.2) is 0 Å². The monoisotopic (exact) mass is 218 g/mol. The fourth-order valence-electron chi connectivity index (χ4n) is 1.11. The van der Waals surface area contributed by atoms with Crippen LogP contribution in [-0.2, 0) is 0 Å². The lowest BCUT2D eigenvalue weighted by Gasteiger charge is -2.05. The quantitative estimate of drug-likeness (QED) is 0.679. The molecule has 0 unspecified atom stereocenters. The Morgan fingerprint density at radius 3 is 1.50 bits per heavy atom. The van der Waals surface area contributed by atoms with Crippen LogP contribution in [0.4, 0.5) is 0 Å². The molecule has 0 aliphatic rings. The Morgan fingerprint density at radius 2 is 1.19 bits per heavy atom. The predicted octanol–water partition coefficient (Wildman–Crippen LogP) is 3.60. The van der Waals surface area contributed by atoms with Crippen LogP contribution in [0.1, 0.15) is 13.8 Å². The Morgan fingerprint density at radius 1 is 0.812 bits per heavy atom. The number of hydrogen-bond donors (Lipinski definition) is 0. The SMILES string of the molecule is CC=CCOc1ccc(OCC=CC)cc1. The van der Waals surface area contributed by atoms with Crippen molar-refractivity contribution in [2.75, 3.05) is 13.2 Å². The highest BCUT2D eigenvalue weighted by Gasteiger charge is 1.94. The van der Waals surface area contributed by atoms with Crippen molar-refractivity contribution in [3.05, 3.63) is 48.6 Å². The summed E-state index contributed by atoms with van der Waals surface area (Å²) in [5.41, 5.74) is 0. The van der Waals surface area contributed by atoms with Gasteiger partial charge in [0.2, 0.25) is 0 Å². The Hall–Kier alpha value is -1.70. The highest BCUT2D eigenvalue weighted by molar-refractivity contribution is 5.31. The van der Waals surface area contributed by atoms with Crippen molar-refractivity contribution in [3.8, 4) is 11.5 Å². The zero-order valence-electron chi connectivity index (χ0n) is 9.85. The van der Waals surface area contributed by atoms with E-state index < -0.39 is 0 Å². The summed E-state index contributed by atoms with van der Waals surface area (Å²) >= 11 is 0. The molecule has 1 rings (SSSR count). The molecular weight excluding hydrogens is 200 g/mol. The standard InChI is InChI=1S/C14H18O2/c1-3-5-11-15-13-7-9-14(10-8-13)16-12-6-4-2/h3-10H,11-12H2,1-2H3. The van der Waals surface area contributed by atoms with Crippen molar-refractivity contribution < 1.29 is 9.47 Å². The lowest BCUT2D eigenvalue weighted by Crippen LogP contribution is -1.95. The Kier molecular flexibility index (Phi) is 5.86. The second-order valence-electron chi connectivity index (χ2n) is 3.23. The average Bonchev–Trinajstić information content (AvgIpc) is 2.32. The molecule has 0 aliphatic heterocycles. The second-order valence-corrected chi connectivity index (χ2v) is 3.23. The zero-order chi connectivity index (χ0) is 11.6. The van der Waals surface area contributed by atoms with Gasteiger partial charge in [0.25, 0.3) is 0 Å². The molecule has 0 radical (unpaired) electrons. The number of allylic oxidation sites excluding steroid dienone is 2. The van der Waals surface area contributed by atoms with Crippen LogP contribution in [0.3, 0.4) is 0 Å². The van der Waals surface area contributed by atoms with Gasteiger partial charge in [-0.2, -0.15) is 0 Å². The smallest absolute Gasteiger partial charge is 0.120 e. The highest BCUT2D eigenvalue weighted by Crippen LogP contribution is 2.17. The highest BCUT2D eigenvalue weighted by atomic mass is 16.5. The lowest BCUT2D eigenvalue weighted by molar-refractivity contribution is 0.352. The van der Waals surface area contributed by atoms with Gasteiger partial charge in [0.1, 0.15) is 24.7 Å². The topological polar surface area (TPSA) is 18.5 Å². The molecule has 0 bridgehead atoms. The minimum Gasteiger partial charge on any atom is -0.490 e. The first-order valence-electron chi connectivity index (χ1n) is 5.44. The molecule has 0 atom stereocenters. The molecule has 0 heterocycles. The third-order valence-electron chi connectivity index (χ3n) is 1.99. The first-order valence-corrected chi connectivity index (χ1v) is 5.44. The number of hydrogen-bond acceptors (Lipinski definition) is 2. The maximum Gasteiger partial charge on any atom is 0.120 e. The van der Waals surface area contributed by atoms with Crippen LogP contribution in [0, 0.1) is 0 Å². The molecule has 2 nitrogen and oxygen atoms in total. The van der Waals surface area contributed by atoms with E-state index in [1.807, 2.05) is 62.4 Å². The van der Waals surface area contributed by atoms with Gasteiger partial charge in [0.05, 0.1) is 0 Å². The normalized spacial score (nSPS) is 11.1. The molecule has 0 N–H and O–H groups in total. The Bertz CT molecular complexity index is 301. The maximum absolute atomic E-state index is 5.47. The minimum absolute atomic E-state index is 0.606. The summed E-state index contributed by atoms with van der Waals surface area (Å²) in [6.45, 7) is 5.16. The van der Waals surface area contributed by atoms with E-state index in [9.17, 15) is 0 Å². The molecule has 86 valence electrons. The van der Waals surface area contributed by atoms with E-state index >= 15 is 0 Å². The first-order chi connectivity index (χ1) is 7.86. The van der Waals surface area contributed by atoms with Gasteiger partial charge in [-0.15, -0.1) is 0 Å². The van der Waals surface area contributed by atoms with E-state index in [1.54, 1.807) is 0 Å². The van der Waals surface area contributed by atoms with Crippen LogP contribution in [0.5, 0.6) is 11.5 Å². The summed E-state index contributed by atoms with van der Waals surface area (Å²) in [6.07, 6.45) is 7.87. The molecule has 1 aromatic carbocycles. The molecule has 0 fully saturated rings. The summed E-state index contributed by atoms with van der Waals surface area (Å²) in [5, 5.41) is 0.